The third-order valence-corrected chi connectivity index (χ3v) is 6.54. The van der Waals surface area contributed by atoms with Crippen molar-refractivity contribution in [1.82, 2.24) is 0 Å². The van der Waals surface area contributed by atoms with Crippen molar-refractivity contribution in [3.05, 3.63) is 83.4 Å². The maximum absolute atomic E-state index is 12.6. The Kier molecular flexibility index (Phi) is 9.89. The highest BCUT2D eigenvalue weighted by Crippen LogP contribution is 2.26. The van der Waals surface area contributed by atoms with E-state index in [0.29, 0.717) is 18.0 Å². The van der Waals surface area contributed by atoms with Crippen molar-refractivity contribution in [3.63, 3.8) is 0 Å². The third-order valence-electron chi connectivity index (χ3n) is 5.42. The largest absolute Gasteiger partial charge is 0.494 e. The Morgan fingerprint density at radius 3 is 2.08 bits per heavy atom. The van der Waals surface area contributed by atoms with Crippen molar-refractivity contribution in [2.45, 2.75) is 36.8 Å². The summed E-state index contributed by atoms with van der Waals surface area (Å²) in [5.41, 5.74) is 0.281. The predicted octanol–water partition coefficient (Wildman–Crippen LogP) is 5.63. The van der Waals surface area contributed by atoms with E-state index in [9.17, 15) is 24.3 Å². The first-order valence-electron chi connectivity index (χ1n) is 11.9. The van der Waals surface area contributed by atoms with Gasteiger partial charge in [0, 0.05) is 16.3 Å². The van der Waals surface area contributed by atoms with Gasteiger partial charge in [0.25, 0.3) is 5.91 Å². The second kappa shape index (κ2) is 13.3. The van der Waals surface area contributed by atoms with Gasteiger partial charge in [-0.3, -0.25) is 9.59 Å². The average molecular weight is 537 g/mol. The van der Waals surface area contributed by atoms with E-state index in [1.54, 1.807) is 43.3 Å². The number of hydrogen-bond donors (Lipinski definition) is 4. The third kappa shape index (κ3) is 7.84. The SMILES string of the molecule is CCCCOc1ccc(NC(=O)C(C)Sc2ccc(NC(=O)c3ccc(C(=O)O)cc3C(=O)O)cc2)cc1. The van der Waals surface area contributed by atoms with Gasteiger partial charge in [0.2, 0.25) is 5.91 Å². The molecule has 1 unspecified atom stereocenters. The summed E-state index contributed by atoms with van der Waals surface area (Å²) in [4.78, 5) is 48.7. The van der Waals surface area contributed by atoms with Gasteiger partial charge in [0.1, 0.15) is 5.75 Å². The van der Waals surface area contributed by atoms with Crippen molar-refractivity contribution < 1.29 is 34.1 Å². The molecular formula is C28H28N2O7S. The van der Waals surface area contributed by atoms with Crippen LogP contribution in [0.25, 0.3) is 0 Å². The van der Waals surface area contributed by atoms with Crippen molar-refractivity contribution in [3.8, 4) is 5.75 Å². The standard InChI is InChI=1S/C28H28N2O7S/c1-3-4-15-37-21-10-6-19(7-11-21)29-25(31)17(2)38-22-12-8-20(9-13-22)30-26(32)23-14-5-18(27(33)34)16-24(23)28(35)36/h5-14,16-17H,3-4,15H2,1-2H3,(H,29,31)(H,30,32)(H,33,34)(H,35,36). The highest BCUT2D eigenvalue weighted by atomic mass is 32.2. The van der Waals surface area contributed by atoms with E-state index in [2.05, 4.69) is 17.6 Å². The van der Waals surface area contributed by atoms with Gasteiger partial charge in [0.05, 0.1) is 28.5 Å². The van der Waals surface area contributed by atoms with Gasteiger partial charge in [-0.2, -0.15) is 0 Å². The summed E-state index contributed by atoms with van der Waals surface area (Å²) in [6, 6.07) is 17.2. The zero-order chi connectivity index (χ0) is 27.7. The lowest BCUT2D eigenvalue weighted by Crippen LogP contribution is -2.22. The van der Waals surface area contributed by atoms with Crippen molar-refractivity contribution in [2.75, 3.05) is 17.2 Å². The first-order chi connectivity index (χ1) is 18.2. The highest BCUT2D eigenvalue weighted by Gasteiger charge is 2.19. The molecule has 3 aromatic rings. The molecule has 38 heavy (non-hydrogen) atoms. The number of aromatic carboxylic acids is 2. The lowest BCUT2D eigenvalue weighted by molar-refractivity contribution is -0.115. The number of carbonyl (C=O) groups is 4. The fraction of sp³-hybridized carbons (Fsp3) is 0.214. The Bertz CT molecular complexity index is 1310. The maximum Gasteiger partial charge on any atom is 0.336 e. The first-order valence-corrected chi connectivity index (χ1v) is 12.8. The van der Waals surface area contributed by atoms with E-state index in [1.807, 2.05) is 12.1 Å². The van der Waals surface area contributed by atoms with Crippen molar-refractivity contribution >= 4 is 46.9 Å². The number of hydrogen-bond acceptors (Lipinski definition) is 6. The Balaban J connectivity index is 1.57. The number of carboxylic acids is 2. The monoisotopic (exact) mass is 536 g/mol. The average Bonchev–Trinajstić information content (AvgIpc) is 2.90. The summed E-state index contributed by atoms with van der Waals surface area (Å²) in [6.07, 6.45) is 2.04. The summed E-state index contributed by atoms with van der Waals surface area (Å²) >= 11 is 1.34. The molecule has 0 aromatic heterocycles. The number of ether oxygens (including phenoxy) is 1. The minimum atomic E-state index is -1.41. The number of nitrogens with one attached hydrogen (secondary N) is 2. The van der Waals surface area contributed by atoms with E-state index in [0.717, 1.165) is 29.6 Å². The topological polar surface area (TPSA) is 142 Å². The van der Waals surface area contributed by atoms with Crippen molar-refractivity contribution in [2.24, 2.45) is 0 Å². The Hall–Kier alpha value is -4.31. The number of thioether (sulfide) groups is 1. The van der Waals surface area contributed by atoms with Crippen LogP contribution in [-0.2, 0) is 4.79 Å². The van der Waals surface area contributed by atoms with Crippen LogP contribution < -0.4 is 15.4 Å². The second-order valence-corrected chi connectivity index (χ2v) is 9.74. The Labute approximate surface area is 224 Å². The molecule has 198 valence electrons. The number of benzene rings is 3. The van der Waals surface area contributed by atoms with Crippen LogP contribution in [-0.4, -0.2) is 45.8 Å². The summed E-state index contributed by atoms with van der Waals surface area (Å²) in [5.74, 6) is -2.80. The number of amides is 2. The van der Waals surface area contributed by atoms with E-state index in [-0.39, 0.29) is 17.0 Å². The van der Waals surface area contributed by atoms with Gasteiger partial charge in [-0.15, -0.1) is 11.8 Å². The quantitative estimate of drug-likeness (QED) is 0.172. The first kappa shape index (κ1) is 28.3. The molecule has 0 bridgehead atoms. The molecule has 0 fully saturated rings. The number of unbranched alkanes of at least 4 members (excludes halogenated alkanes) is 1. The minimum Gasteiger partial charge on any atom is -0.494 e. The van der Waals surface area contributed by atoms with E-state index >= 15 is 0 Å². The van der Waals surface area contributed by atoms with E-state index in [1.165, 1.54) is 23.9 Å². The molecule has 2 amide bonds. The summed E-state index contributed by atoms with van der Waals surface area (Å²) in [5, 5.41) is 23.5. The molecule has 0 radical (unpaired) electrons. The fourth-order valence-electron chi connectivity index (χ4n) is 3.34. The zero-order valence-corrected chi connectivity index (χ0v) is 21.7. The van der Waals surface area contributed by atoms with Gasteiger partial charge >= 0.3 is 11.9 Å². The van der Waals surface area contributed by atoms with Crippen LogP contribution >= 0.6 is 11.8 Å². The number of rotatable bonds is 12. The molecule has 0 aliphatic heterocycles. The molecular weight excluding hydrogens is 508 g/mol. The van der Waals surface area contributed by atoms with Crippen LogP contribution in [0.4, 0.5) is 11.4 Å². The normalized spacial score (nSPS) is 11.3. The van der Waals surface area contributed by atoms with Crippen LogP contribution in [0.3, 0.4) is 0 Å². The van der Waals surface area contributed by atoms with Crippen LogP contribution in [0.2, 0.25) is 0 Å². The fourth-order valence-corrected chi connectivity index (χ4v) is 4.21. The Morgan fingerprint density at radius 1 is 0.842 bits per heavy atom. The maximum atomic E-state index is 12.6. The number of anilines is 2. The molecule has 3 aromatic carbocycles. The summed E-state index contributed by atoms with van der Waals surface area (Å²) < 4.78 is 5.63. The lowest BCUT2D eigenvalue weighted by Gasteiger charge is -2.13. The van der Waals surface area contributed by atoms with Crippen LogP contribution in [0, 0.1) is 0 Å². The molecule has 0 aliphatic carbocycles. The summed E-state index contributed by atoms with van der Waals surface area (Å²) in [7, 11) is 0. The lowest BCUT2D eigenvalue weighted by atomic mass is 10.0. The van der Waals surface area contributed by atoms with Gasteiger partial charge in [-0.1, -0.05) is 13.3 Å². The van der Waals surface area contributed by atoms with Gasteiger partial charge in [-0.25, -0.2) is 9.59 Å². The predicted molar refractivity (Wildman–Crippen MR) is 146 cm³/mol. The van der Waals surface area contributed by atoms with Gasteiger partial charge in [-0.05, 0) is 80.1 Å². The summed E-state index contributed by atoms with van der Waals surface area (Å²) in [6.45, 7) is 4.53. The second-order valence-electron chi connectivity index (χ2n) is 8.32. The van der Waals surface area contributed by atoms with E-state index < -0.39 is 28.7 Å². The van der Waals surface area contributed by atoms with Gasteiger partial charge in [0.15, 0.2) is 0 Å². The smallest absolute Gasteiger partial charge is 0.336 e. The number of carboxylic acid groups (broad SMARTS) is 2. The van der Waals surface area contributed by atoms with Crippen LogP contribution in [0.5, 0.6) is 5.75 Å². The number of carbonyl (C=O) groups excluding carboxylic acids is 2. The zero-order valence-electron chi connectivity index (χ0n) is 20.9. The molecule has 3 rings (SSSR count). The molecule has 0 saturated carbocycles. The van der Waals surface area contributed by atoms with Crippen LogP contribution in [0.1, 0.15) is 57.8 Å². The molecule has 1 atom stereocenters. The molecule has 0 spiro atoms. The Morgan fingerprint density at radius 2 is 1.47 bits per heavy atom. The molecule has 10 heteroatoms. The molecule has 0 aliphatic rings. The van der Waals surface area contributed by atoms with Gasteiger partial charge < -0.3 is 25.6 Å². The molecule has 4 N–H and O–H groups in total. The highest BCUT2D eigenvalue weighted by molar-refractivity contribution is 8.00. The molecule has 9 nitrogen and oxygen atoms in total. The molecule has 0 saturated heterocycles. The van der Waals surface area contributed by atoms with Crippen LogP contribution in [0.15, 0.2) is 71.6 Å². The molecule has 0 heterocycles. The van der Waals surface area contributed by atoms with Crippen molar-refractivity contribution in [1.29, 1.82) is 0 Å². The van der Waals surface area contributed by atoms with E-state index in [4.69, 9.17) is 9.84 Å². The minimum absolute atomic E-state index is 0.160.